The zero-order chi connectivity index (χ0) is 15.5. The summed E-state index contributed by atoms with van der Waals surface area (Å²) in [6, 6.07) is 0. The minimum absolute atomic E-state index is 0.109. The molecule has 0 aliphatic carbocycles. The van der Waals surface area contributed by atoms with E-state index in [1.54, 1.807) is 6.33 Å². The van der Waals surface area contributed by atoms with Gasteiger partial charge in [0.05, 0.1) is 6.33 Å². The zero-order valence-electron chi connectivity index (χ0n) is 12.8. The van der Waals surface area contributed by atoms with Crippen molar-refractivity contribution in [3.05, 3.63) is 35.3 Å². The zero-order valence-corrected chi connectivity index (χ0v) is 12.8. The summed E-state index contributed by atoms with van der Waals surface area (Å²) in [4.78, 5) is 28.2. The molecule has 1 amide bonds. The van der Waals surface area contributed by atoms with Gasteiger partial charge in [0.2, 0.25) is 0 Å². The molecule has 7 nitrogen and oxygen atoms in total. The molecule has 2 aromatic heterocycles. The van der Waals surface area contributed by atoms with Crippen LogP contribution in [0.3, 0.4) is 0 Å². The van der Waals surface area contributed by atoms with Gasteiger partial charge < -0.3 is 15.6 Å². The number of aromatic nitrogens is 4. The van der Waals surface area contributed by atoms with Crippen LogP contribution in [0, 0.1) is 0 Å². The Morgan fingerprint density at radius 3 is 2.95 bits per heavy atom. The lowest BCUT2D eigenvalue weighted by molar-refractivity contribution is 0.0940. The van der Waals surface area contributed by atoms with Crippen LogP contribution in [0.15, 0.2) is 12.5 Å². The van der Waals surface area contributed by atoms with E-state index in [4.69, 9.17) is 0 Å². The molecule has 0 saturated carbocycles. The third-order valence-corrected chi connectivity index (χ3v) is 3.66. The van der Waals surface area contributed by atoms with Crippen molar-refractivity contribution in [1.29, 1.82) is 0 Å². The molecule has 7 heteroatoms. The molecule has 1 aliphatic heterocycles. The number of nitrogens with one attached hydrogen (secondary N) is 3. The summed E-state index contributed by atoms with van der Waals surface area (Å²) >= 11 is 0. The third-order valence-electron chi connectivity index (χ3n) is 3.66. The maximum absolute atomic E-state index is 12.0. The van der Waals surface area contributed by atoms with Gasteiger partial charge >= 0.3 is 0 Å². The molecule has 0 spiro atoms. The van der Waals surface area contributed by atoms with Gasteiger partial charge in [0, 0.05) is 42.9 Å². The van der Waals surface area contributed by atoms with Crippen LogP contribution in [0.1, 0.15) is 47.3 Å². The first-order valence-electron chi connectivity index (χ1n) is 7.55. The smallest absolute Gasteiger partial charge is 0.270 e. The number of anilines is 1. The second kappa shape index (κ2) is 6.13. The maximum atomic E-state index is 12.0. The quantitative estimate of drug-likeness (QED) is 0.772. The molecule has 22 heavy (non-hydrogen) atoms. The minimum Gasteiger partial charge on any atom is -0.369 e. The highest BCUT2D eigenvalue weighted by atomic mass is 16.1. The molecule has 2 aromatic rings. The normalized spacial score (nSPS) is 13.9. The van der Waals surface area contributed by atoms with Crippen molar-refractivity contribution in [3.8, 4) is 0 Å². The Morgan fingerprint density at radius 1 is 1.36 bits per heavy atom. The Bertz CT molecular complexity index is 665. The fourth-order valence-corrected chi connectivity index (χ4v) is 2.45. The van der Waals surface area contributed by atoms with Crippen molar-refractivity contribution in [2.24, 2.45) is 0 Å². The first-order valence-corrected chi connectivity index (χ1v) is 7.55. The van der Waals surface area contributed by atoms with E-state index in [0.717, 1.165) is 36.5 Å². The Hall–Kier alpha value is -2.44. The van der Waals surface area contributed by atoms with Gasteiger partial charge in [-0.3, -0.25) is 4.79 Å². The molecule has 0 atom stereocenters. The van der Waals surface area contributed by atoms with Crippen LogP contribution in [0.4, 0.5) is 5.82 Å². The van der Waals surface area contributed by atoms with Crippen LogP contribution in [-0.2, 0) is 12.8 Å². The number of rotatable bonds is 5. The molecule has 0 radical (unpaired) electrons. The van der Waals surface area contributed by atoms with Crippen molar-refractivity contribution in [1.82, 2.24) is 25.3 Å². The number of fused-ring (bicyclic) bond motifs is 1. The highest BCUT2D eigenvalue weighted by Crippen LogP contribution is 2.23. The summed E-state index contributed by atoms with van der Waals surface area (Å²) < 4.78 is 0. The first-order chi connectivity index (χ1) is 10.6. The summed E-state index contributed by atoms with van der Waals surface area (Å²) in [6.45, 7) is 5.41. The Kier molecular flexibility index (Phi) is 4.04. The molecule has 116 valence electrons. The summed E-state index contributed by atoms with van der Waals surface area (Å²) in [6.07, 6.45) is 5.06. The number of hydrogen-bond donors (Lipinski definition) is 3. The Balaban J connectivity index is 1.83. The first kappa shape index (κ1) is 14.5. The van der Waals surface area contributed by atoms with Crippen molar-refractivity contribution >= 4 is 11.7 Å². The van der Waals surface area contributed by atoms with E-state index < -0.39 is 0 Å². The Morgan fingerprint density at radius 2 is 2.23 bits per heavy atom. The molecule has 3 rings (SSSR count). The van der Waals surface area contributed by atoms with Crippen LogP contribution in [0.25, 0.3) is 0 Å². The topological polar surface area (TPSA) is 95.6 Å². The van der Waals surface area contributed by atoms with Crippen molar-refractivity contribution in [2.75, 3.05) is 18.4 Å². The van der Waals surface area contributed by atoms with E-state index in [2.05, 4.69) is 30.6 Å². The van der Waals surface area contributed by atoms with Gasteiger partial charge in [-0.2, -0.15) is 0 Å². The average Bonchev–Trinajstić information content (AvgIpc) is 3.01. The second-order valence-corrected chi connectivity index (χ2v) is 5.67. The van der Waals surface area contributed by atoms with E-state index in [1.165, 1.54) is 0 Å². The number of H-pyrrole nitrogens is 1. The predicted molar refractivity (Wildman–Crippen MR) is 82.9 cm³/mol. The molecule has 0 fully saturated rings. The SMILES string of the molecule is CC(C)c1nc(NCCc2cnc[nH]2)c2c(n1)C(=O)NCC2. The monoisotopic (exact) mass is 300 g/mol. The van der Waals surface area contributed by atoms with E-state index in [0.29, 0.717) is 18.1 Å². The van der Waals surface area contributed by atoms with Crippen LogP contribution in [0.2, 0.25) is 0 Å². The molecular weight excluding hydrogens is 280 g/mol. The fraction of sp³-hybridized carbons (Fsp3) is 0.467. The van der Waals surface area contributed by atoms with Gasteiger partial charge in [-0.05, 0) is 6.42 Å². The third kappa shape index (κ3) is 2.93. The summed E-state index contributed by atoms with van der Waals surface area (Å²) in [5.41, 5.74) is 2.49. The minimum atomic E-state index is -0.109. The lowest BCUT2D eigenvalue weighted by atomic mass is 10.1. The number of nitrogens with zero attached hydrogens (tertiary/aromatic N) is 3. The standard InChI is InChI=1S/C15H20N6O/c1-9(2)13-20-12-11(4-6-18-15(12)22)14(21-13)17-5-3-10-7-16-8-19-10/h7-9H,3-6H2,1-2H3,(H,16,19)(H,18,22)(H,17,20,21). The molecule has 1 aliphatic rings. The number of carbonyl (C=O) groups excluding carboxylic acids is 1. The highest BCUT2D eigenvalue weighted by molar-refractivity contribution is 5.96. The van der Waals surface area contributed by atoms with Gasteiger partial charge in [0.1, 0.15) is 17.3 Å². The summed E-state index contributed by atoms with van der Waals surface area (Å²) in [5, 5.41) is 6.19. The average molecular weight is 300 g/mol. The van der Waals surface area contributed by atoms with Gasteiger partial charge in [-0.25, -0.2) is 15.0 Å². The lowest BCUT2D eigenvalue weighted by Crippen LogP contribution is -2.34. The molecule has 3 N–H and O–H groups in total. The second-order valence-electron chi connectivity index (χ2n) is 5.67. The number of hydrogen-bond acceptors (Lipinski definition) is 5. The van der Waals surface area contributed by atoms with Crippen LogP contribution < -0.4 is 10.6 Å². The van der Waals surface area contributed by atoms with E-state index in [9.17, 15) is 4.79 Å². The predicted octanol–water partition coefficient (Wildman–Crippen LogP) is 1.26. The molecule has 0 saturated heterocycles. The molecule has 3 heterocycles. The number of amides is 1. The van der Waals surface area contributed by atoms with Crippen LogP contribution in [0.5, 0.6) is 0 Å². The summed E-state index contributed by atoms with van der Waals surface area (Å²) in [7, 11) is 0. The van der Waals surface area contributed by atoms with E-state index in [1.807, 2.05) is 20.0 Å². The van der Waals surface area contributed by atoms with Crippen LogP contribution >= 0.6 is 0 Å². The van der Waals surface area contributed by atoms with E-state index in [-0.39, 0.29) is 11.8 Å². The molecule has 0 aromatic carbocycles. The largest absolute Gasteiger partial charge is 0.369 e. The summed E-state index contributed by atoms with van der Waals surface area (Å²) in [5.74, 6) is 1.54. The van der Waals surface area contributed by atoms with Crippen molar-refractivity contribution in [2.45, 2.75) is 32.6 Å². The van der Waals surface area contributed by atoms with Gasteiger partial charge in [-0.1, -0.05) is 13.8 Å². The molecule has 0 bridgehead atoms. The maximum Gasteiger partial charge on any atom is 0.270 e. The van der Waals surface area contributed by atoms with Gasteiger partial charge in [-0.15, -0.1) is 0 Å². The molecule has 0 unspecified atom stereocenters. The fourth-order valence-electron chi connectivity index (χ4n) is 2.45. The lowest BCUT2D eigenvalue weighted by Gasteiger charge is -2.20. The van der Waals surface area contributed by atoms with Crippen molar-refractivity contribution < 1.29 is 4.79 Å². The number of carbonyl (C=O) groups is 1. The van der Waals surface area contributed by atoms with Gasteiger partial charge in [0.15, 0.2) is 0 Å². The van der Waals surface area contributed by atoms with E-state index >= 15 is 0 Å². The number of imidazole rings is 1. The Labute approximate surface area is 129 Å². The molecular formula is C15H20N6O. The van der Waals surface area contributed by atoms with Crippen molar-refractivity contribution in [3.63, 3.8) is 0 Å². The highest BCUT2D eigenvalue weighted by Gasteiger charge is 2.24. The number of aromatic amines is 1. The van der Waals surface area contributed by atoms with Crippen LogP contribution in [-0.4, -0.2) is 38.9 Å². The van der Waals surface area contributed by atoms with Gasteiger partial charge in [0.25, 0.3) is 5.91 Å².